The van der Waals surface area contributed by atoms with Gasteiger partial charge in [0.05, 0.1) is 19.1 Å². The summed E-state index contributed by atoms with van der Waals surface area (Å²) in [6.45, 7) is 2.66. The molecule has 10 heteroatoms. The standard InChI is InChI=1S/C21H32N4O5S/c1-30-19-6-4-3-5-18(19)23-21(27)24-11-7-16(8-12-24)15-22-20(26)17-9-13-25(14-10-17)31(2,28)29/h3-6,16-17H,7-15H2,1-2H3,(H,22,26)(H,23,27). The fourth-order valence-electron chi connectivity index (χ4n) is 4.12. The van der Waals surface area contributed by atoms with E-state index in [9.17, 15) is 18.0 Å². The molecule has 3 rings (SSSR count). The molecule has 2 aliphatic heterocycles. The lowest BCUT2D eigenvalue weighted by Gasteiger charge is -2.33. The van der Waals surface area contributed by atoms with Crippen LogP contribution in [0.2, 0.25) is 0 Å². The van der Waals surface area contributed by atoms with E-state index < -0.39 is 10.0 Å². The Bertz CT molecular complexity index is 876. The number of anilines is 1. The van der Waals surface area contributed by atoms with Crippen molar-refractivity contribution in [3.63, 3.8) is 0 Å². The smallest absolute Gasteiger partial charge is 0.321 e. The van der Waals surface area contributed by atoms with Crippen LogP contribution in [0.5, 0.6) is 5.75 Å². The third-order valence-corrected chi connectivity index (χ3v) is 7.41. The topological polar surface area (TPSA) is 108 Å². The van der Waals surface area contributed by atoms with Crippen molar-refractivity contribution in [2.24, 2.45) is 11.8 Å². The van der Waals surface area contributed by atoms with Crippen LogP contribution in [0.15, 0.2) is 24.3 Å². The summed E-state index contributed by atoms with van der Waals surface area (Å²) >= 11 is 0. The number of hydrogen-bond acceptors (Lipinski definition) is 5. The van der Waals surface area contributed by atoms with Crippen LogP contribution in [0.3, 0.4) is 0 Å². The van der Waals surface area contributed by atoms with Crippen molar-refractivity contribution in [3.8, 4) is 5.75 Å². The molecule has 0 radical (unpaired) electrons. The Labute approximate surface area is 184 Å². The minimum Gasteiger partial charge on any atom is -0.495 e. The summed E-state index contributed by atoms with van der Waals surface area (Å²) in [4.78, 5) is 26.8. The third kappa shape index (κ3) is 6.33. The highest BCUT2D eigenvalue weighted by Crippen LogP contribution is 2.25. The molecule has 0 bridgehead atoms. The van der Waals surface area contributed by atoms with Crippen LogP contribution in [0, 0.1) is 11.8 Å². The molecule has 2 heterocycles. The van der Waals surface area contributed by atoms with Crippen molar-refractivity contribution < 1.29 is 22.7 Å². The number of sulfonamides is 1. The molecule has 0 atom stereocenters. The molecule has 0 aromatic heterocycles. The van der Waals surface area contributed by atoms with Crippen molar-refractivity contribution in [1.29, 1.82) is 0 Å². The van der Waals surface area contributed by atoms with Gasteiger partial charge in [0.2, 0.25) is 15.9 Å². The van der Waals surface area contributed by atoms with E-state index in [1.165, 1.54) is 10.6 Å². The summed E-state index contributed by atoms with van der Waals surface area (Å²) in [5.41, 5.74) is 0.645. The van der Waals surface area contributed by atoms with Crippen molar-refractivity contribution in [2.75, 3.05) is 51.4 Å². The number of urea groups is 1. The lowest BCUT2D eigenvalue weighted by molar-refractivity contribution is -0.126. The molecule has 9 nitrogen and oxygen atoms in total. The Morgan fingerprint density at radius 3 is 2.32 bits per heavy atom. The number of amides is 3. The maximum Gasteiger partial charge on any atom is 0.321 e. The van der Waals surface area contributed by atoms with Crippen LogP contribution in [-0.2, 0) is 14.8 Å². The second-order valence-corrected chi connectivity index (χ2v) is 10.2. The first-order valence-electron chi connectivity index (χ1n) is 10.7. The zero-order chi connectivity index (χ0) is 22.4. The molecule has 0 unspecified atom stereocenters. The van der Waals surface area contributed by atoms with Crippen LogP contribution in [0.4, 0.5) is 10.5 Å². The van der Waals surface area contributed by atoms with Gasteiger partial charge in [-0.05, 0) is 43.7 Å². The molecule has 1 aromatic carbocycles. The monoisotopic (exact) mass is 452 g/mol. The Morgan fingerprint density at radius 1 is 1.06 bits per heavy atom. The molecular formula is C21H32N4O5S. The second kappa shape index (κ2) is 10.3. The van der Waals surface area contributed by atoms with Gasteiger partial charge in [-0.25, -0.2) is 17.5 Å². The quantitative estimate of drug-likeness (QED) is 0.683. The fraction of sp³-hybridized carbons (Fsp3) is 0.619. The van der Waals surface area contributed by atoms with Gasteiger partial charge in [0.15, 0.2) is 0 Å². The van der Waals surface area contributed by atoms with Crippen molar-refractivity contribution in [2.45, 2.75) is 25.7 Å². The number of likely N-dealkylation sites (tertiary alicyclic amines) is 1. The molecular weight excluding hydrogens is 420 g/mol. The number of piperidine rings is 2. The molecule has 2 fully saturated rings. The van der Waals surface area contributed by atoms with Gasteiger partial charge in [-0.3, -0.25) is 4.79 Å². The van der Waals surface area contributed by atoms with Crippen molar-refractivity contribution >= 4 is 27.6 Å². The summed E-state index contributed by atoms with van der Waals surface area (Å²) in [6.07, 6.45) is 3.97. The maximum atomic E-state index is 12.6. The van der Waals surface area contributed by atoms with E-state index in [1.807, 2.05) is 12.1 Å². The normalized spacial score (nSPS) is 19.1. The number of benzene rings is 1. The highest BCUT2D eigenvalue weighted by molar-refractivity contribution is 7.88. The van der Waals surface area contributed by atoms with E-state index >= 15 is 0 Å². The molecule has 2 N–H and O–H groups in total. The largest absolute Gasteiger partial charge is 0.495 e. The van der Waals surface area contributed by atoms with E-state index in [0.29, 0.717) is 62.9 Å². The van der Waals surface area contributed by atoms with Crippen LogP contribution < -0.4 is 15.4 Å². The van der Waals surface area contributed by atoms with Gasteiger partial charge in [-0.1, -0.05) is 12.1 Å². The lowest BCUT2D eigenvalue weighted by Crippen LogP contribution is -2.45. The minimum absolute atomic E-state index is 0.00416. The number of rotatable bonds is 6. The predicted octanol–water partition coefficient (Wildman–Crippen LogP) is 1.73. The number of carbonyl (C=O) groups is 2. The van der Waals surface area contributed by atoms with E-state index in [-0.39, 0.29) is 17.9 Å². The first-order chi connectivity index (χ1) is 14.8. The molecule has 0 spiro atoms. The van der Waals surface area contributed by atoms with E-state index in [4.69, 9.17) is 4.74 Å². The van der Waals surface area contributed by atoms with Gasteiger partial charge >= 0.3 is 6.03 Å². The minimum atomic E-state index is -3.18. The number of methoxy groups -OCH3 is 1. The van der Waals surface area contributed by atoms with Gasteiger partial charge in [-0.2, -0.15) is 0 Å². The highest BCUT2D eigenvalue weighted by atomic mass is 32.2. The maximum absolute atomic E-state index is 12.6. The van der Waals surface area contributed by atoms with Gasteiger partial charge < -0.3 is 20.3 Å². The number of hydrogen-bond donors (Lipinski definition) is 2. The predicted molar refractivity (Wildman–Crippen MR) is 118 cm³/mol. The number of nitrogens with zero attached hydrogens (tertiary/aromatic N) is 2. The zero-order valence-electron chi connectivity index (χ0n) is 18.2. The molecule has 172 valence electrons. The highest BCUT2D eigenvalue weighted by Gasteiger charge is 2.30. The Morgan fingerprint density at radius 2 is 1.71 bits per heavy atom. The number of ether oxygens (including phenoxy) is 1. The molecule has 2 saturated heterocycles. The van der Waals surface area contributed by atoms with Gasteiger partial charge in [0.25, 0.3) is 0 Å². The van der Waals surface area contributed by atoms with E-state index in [2.05, 4.69) is 10.6 Å². The molecule has 2 aliphatic rings. The van der Waals surface area contributed by atoms with Crippen molar-refractivity contribution in [3.05, 3.63) is 24.3 Å². The van der Waals surface area contributed by atoms with Crippen LogP contribution >= 0.6 is 0 Å². The number of carbonyl (C=O) groups excluding carboxylic acids is 2. The summed E-state index contributed by atoms with van der Waals surface area (Å²) in [5, 5.41) is 5.93. The van der Waals surface area contributed by atoms with Gasteiger partial charge in [0.1, 0.15) is 5.75 Å². The second-order valence-electron chi connectivity index (χ2n) is 8.24. The van der Waals surface area contributed by atoms with Crippen LogP contribution in [0.25, 0.3) is 0 Å². The number of nitrogens with one attached hydrogen (secondary N) is 2. The van der Waals surface area contributed by atoms with Gasteiger partial charge in [0, 0.05) is 38.6 Å². The zero-order valence-corrected chi connectivity index (χ0v) is 19.0. The molecule has 31 heavy (non-hydrogen) atoms. The first-order valence-corrected chi connectivity index (χ1v) is 12.5. The Kier molecular flexibility index (Phi) is 7.77. The third-order valence-electron chi connectivity index (χ3n) is 6.11. The summed E-state index contributed by atoms with van der Waals surface area (Å²) in [7, 11) is -1.61. The Balaban J connectivity index is 1.38. The lowest BCUT2D eigenvalue weighted by atomic mass is 9.94. The average Bonchev–Trinajstić information content (AvgIpc) is 2.77. The van der Waals surface area contributed by atoms with E-state index in [1.54, 1.807) is 24.1 Å². The molecule has 0 saturated carbocycles. The average molecular weight is 453 g/mol. The molecule has 1 aromatic rings. The Hall–Kier alpha value is -2.33. The van der Waals surface area contributed by atoms with E-state index in [0.717, 1.165) is 12.8 Å². The van der Waals surface area contributed by atoms with Crippen LogP contribution in [-0.4, -0.2) is 75.7 Å². The molecule has 3 amide bonds. The summed E-state index contributed by atoms with van der Waals surface area (Å²) in [5.74, 6) is 0.820. The first kappa shape index (κ1) is 23.3. The fourth-order valence-corrected chi connectivity index (χ4v) is 5.00. The summed E-state index contributed by atoms with van der Waals surface area (Å²) < 4.78 is 29.9. The van der Waals surface area contributed by atoms with Crippen molar-refractivity contribution in [1.82, 2.24) is 14.5 Å². The van der Waals surface area contributed by atoms with Gasteiger partial charge in [-0.15, -0.1) is 0 Å². The molecule has 0 aliphatic carbocycles. The SMILES string of the molecule is COc1ccccc1NC(=O)N1CCC(CNC(=O)C2CCN(S(C)(=O)=O)CC2)CC1. The number of para-hydroxylation sites is 2. The summed E-state index contributed by atoms with van der Waals surface area (Å²) in [6, 6.07) is 7.15. The van der Waals surface area contributed by atoms with Crippen LogP contribution in [0.1, 0.15) is 25.7 Å².